The van der Waals surface area contributed by atoms with Crippen LogP contribution in [0.2, 0.25) is 0 Å². The summed E-state index contributed by atoms with van der Waals surface area (Å²) in [6.45, 7) is 4.14. The molecule has 0 unspecified atom stereocenters. The van der Waals surface area contributed by atoms with Crippen LogP contribution in [0.4, 0.5) is 5.82 Å². The zero-order valence-electron chi connectivity index (χ0n) is 16.8. The van der Waals surface area contributed by atoms with Gasteiger partial charge in [-0.1, -0.05) is 12.1 Å². The summed E-state index contributed by atoms with van der Waals surface area (Å²) in [5.41, 5.74) is 2.37. The minimum atomic E-state index is 0. The zero-order valence-corrected chi connectivity index (χ0v) is 19.1. The van der Waals surface area contributed by atoms with Crippen molar-refractivity contribution >= 4 is 35.8 Å². The van der Waals surface area contributed by atoms with Gasteiger partial charge in [-0.05, 0) is 42.3 Å². The van der Waals surface area contributed by atoms with E-state index in [1.807, 2.05) is 57.4 Å². The molecule has 2 rings (SSSR count). The maximum atomic E-state index is 5.49. The molecule has 1 aromatic heterocycles. The summed E-state index contributed by atoms with van der Waals surface area (Å²) in [5, 5.41) is 3.41. The van der Waals surface area contributed by atoms with E-state index in [0.29, 0.717) is 13.2 Å². The molecule has 0 amide bonds. The lowest BCUT2D eigenvalue weighted by molar-refractivity contribution is 0.340. The van der Waals surface area contributed by atoms with Gasteiger partial charge >= 0.3 is 0 Å². The molecule has 0 bridgehead atoms. The molecule has 0 aliphatic carbocycles. The Bertz CT molecular complexity index is 719. The number of aromatic nitrogens is 1. The van der Waals surface area contributed by atoms with E-state index >= 15 is 0 Å². The lowest BCUT2D eigenvalue weighted by atomic mass is 10.2. The van der Waals surface area contributed by atoms with Crippen LogP contribution in [0, 0.1) is 0 Å². The number of ether oxygens (including phenoxy) is 1. The molecule has 0 fully saturated rings. The van der Waals surface area contributed by atoms with Crippen molar-refractivity contribution in [1.29, 1.82) is 0 Å². The third-order valence-electron chi connectivity index (χ3n) is 3.95. The van der Waals surface area contributed by atoms with Gasteiger partial charge in [0.1, 0.15) is 11.6 Å². The monoisotopic (exact) mass is 483 g/mol. The first-order valence-corrected chi connectivity index (χ1v) is 8.79. The van der Waals surface area contributed by atoms with E-state index in [4.69, 9.17) is 4.74 Å². The molecule has 1 aromatic carbocycles. The Hall–Kier alpha value is -2.03. The fourth-order valence-electron chi connectivity index (χ4n) is 2.59. The van der Waals surface area contributed by atoms with Gasteiger partial charge in [-0.2, -0.15) is 0 Å². The Kier molecular flexibility index (Phi) is 9.92. The molecule has 2 aromatic rings. The van der Waals surface area contributed by atoms with Crippen LogP contribution in [0.15, 0.2) is 47.6 Å². The van der Waals surface area contributed by atoms with Crippen LogP contribution >= 0.6 is 24.0 Å². The van der Waals surface area contributed by atoms with Crippen LogP contribution in [0.25, 0.3) is 0 Å². The maximum absolute atomic E-state index is 5.49. The van der Waals surface area contributed by atoms with Crippen LogP contribution in [0.3, 0.4) is 0 Å². The highest BCUT2D eigenvalue weighted by atomic mass is 127. The second-order valence-corrected chi connectivity index (χ2v) is 6.25. The Balaban J connectivity index is 0.00000364. The van der Waals surface area contributed by atoms with E-state index in [9.17, 15) is 0 Å². The average molecular weight is 483 g/mol. The average Bonchev–Trinajstić information content (AvgIpc) is 2.64. The number of nitrogens with one attached hydrogen (secondary N) is 1. The lowest BCUT2D eigenvalue weighted by Crippen LogP contribution is -2.38. The van der Waals surface area contributed by atoms with Gasteiger partial charge in [0.25, 0.3) is 0 Å². The van der Waals surface area contributed by atoms with Gasteiger partial charge in [-0.3, -0.25) is 4.99 Å². The summed E-state index contributed by atoms with van der Waals surface area (Å²) in [6.07, 6.45) is 1.83. The molecule has 6 nitrogen and oxygen atoms in total. The first-order valence-electron chi connectivity index (χ1n) is 8.79. The predicted molar refractivity (Wildman–Crippen MR) is 123 cm³/mol. The van der Waals surface area contributed by atoms with Crippen molar-refractivity contribution in [3.05, 3.63) is 53.7 Å². The first-order chi connectivity index (χ1) is 12.5. The van der Waals surface area contributed by atoms with Crippen LogP contribution in [0.1, 0.15) is 18.1 Å². The summed E-state index contributed by atoms with van der Waals surface area (Å²) in [4.78, 5) is 12.8. The Morgan fingerprint density at radius 3 is 2.41 bits per heavy atom. The quantitative estimate of drug-likeness (QED) is 0.372. The van der Waals surface area contributed by atoms with Crippen molar-refractivity contribution in [3.63, 3.8) is 0 Å². The molecule has 0 saturated carbocycles. The van der Waals surface area contributed by atoms with E-state index in [1.165, 1.54) is 11.1 Å². The number of pyridine rings is 1. The normalized spacial score (nSPS) is 10.8. The highest BCUT2D eigenvalue weighted by Crippen LogP contribution is 2.13. The SMILES string of the molecule is CCOc1ccc(CN(C)C(=NC)NCc2ccnc(N(C)C)c2)cc1.I. The lowest BCUT2D eigenvalue weighted by Gasteiger charge is -2.22. The Morgan fingerprint density at radius 2 is 1.81 bits per heavy atom. The summed E-state index contributed by atoms with van der Waals surface area (Å²) in [5.74, 6) is 2.69. The molecule has 0 spiro atoms. The number of guanidine groups is 1. The predicted octanol–water partition coefficient (Wildman–Crippen LogP) is 3.37. The van der Waals surface area contributed by atoms with E-state index in [0.717, 1.165) is 24.1 Å². The number of rotatable bonds is 7. The van der Waals surface area contributed by atoms with Crippen molar-refractivity contribution in [3.8, 4) is 5.75 Å². The van der Waals surface area contributed by atoms with Gasteiger partial charge in [0.15, 0.2) is 5.96 Å². The van der Waals surface area contributed by atoms with Crippen LogP contribution in [0.5, 0.6) is 5.75 Å². The first kappa shape index (κ1) is 23.0. The van der Waals surface area contributed by atoms with Crippen LogP contribution in [-0.2, 0) is 13.1 Å². The zero-order chi connectivity index (χ0) is 18.9. The van der Waals surface area contributed by atoms with Gasteiger partial charge in [0.2, 0.25) is 0 Å². The molecule has 7 heteroatoms. The molecule has 1 N–H and O–H groups in total. The molecule has 27 heavy (non-hydrogen) atoms. The second-order valence-electron chi connectivity index (χ2n) is 6.25. The van der Waals surface area contributed by atoms with E-state index in [2.05, 4.69) is 38.4 Å². The summed E-state index contributed by atoms with van der Waals surface area (Å²) in [6, 6.07) is 12.3. The number of nitrogens with zero attached hydrogens (tertiary/aromatic N) is 4. The fourth-order valence-corrected chi connectivity index (χ4v) is 2.59. The number of hydrogen-bond donors (Lipinski definition) is 1. The number of benzene rings is 1. The standard InChI is InChI=1S/C20H29N5O.HI/c1-6-26-18-9-7-16(8-10-18)15-25(5)20(21-2)23-14-17-11-12-22-19(13-17)24(3)4;/h7-13H,6,14-15H2,1-5H3,(H,21,23);1H. The number of halogens is 1. The smallest absolute Gasteiger partial charge is 0.193 e. The van der Waals surface area contributed by atoms with Crippen molar-refractivity contribution < 1.29 is 4.74 Å². The highest BCUT2D eigenvalue weighted by molar-refractivity contribution is 14.0. The van der Waals surface area contributed by atoms with Crippen molar-refractivity contribution in [2.45, 2.75) is 20.0 Å². The molecule has 0 atom stereocenters. The van der Waals surface area contributed by atoms with Gasteiger partial charge in [-0.25, -0.2) is 4.98 Å². The summed E-state index contributed by atoms with van der Waals surface area (Å²) in [7, 11) is 7.81. The Morgan fingerprint density at radius 1 is 1.11 bits per heavy atom. The number of hydrogen-bond acceptors (Lipinski definition) is 4. The second kappa shape index (κ2) is 11.6. The number of anilines is 1. The topological polar surface area (TPSA) is 53.0 Å². The molecule has 0 aliphatic heterocycles. The molecule has 0 radical (unpaired) electrons. The minimum Gasteiger partial charge on any atom is -0.494 e. The summed E-state index contributed by atoms with van der Waals surface area (Å²) >= 11 is 0. The molecule has 0 saturated heterocycles. The molecular formula is C20H30IN5O. The summed E-state index contributed by atoms with van der Waals surface area (Å²) < 4.78 is 5.49. The van der Waals surface area contributed by atoms with E-state index in [1.54, 1.807) is 7.05 Å². The molecule has 0 aliphatic rings. The van der Waals surface area contributed by atoms with Crippen LogP contribution in [-0.4, -0.2) is 50.6 Å². The molecule has 148 valence electrons. The molecule has 1 heterocycles. The third-order valence-corrected chi connectivity index (χ3v) is 3.95. The largest absolute Gasteiger partial charge is 0.494 e. The van der Waals surface area contributed by atoms with Crippen molar-refractivity contribution in [2.24, 2.45) is 4.99 Å². The van der Waals surface area contributed by atoms with Gasteiger partial charge in [0, 0.05) is 47.5 Å². The van der Waals surface area contributed by atoms with E-state index in [-0.39, 0.29) is 24.0 Å². The third kappa shape index (κ3) is 7.24. The van der Waals surface area contributed by atoms with Gasteiger partial charge < -0.3 is 19.9 Å². The van der Waals surface area contributed by atoms with E-state index < -0.39 is 0 Å². The minimum absolute atomic E-state index is 0. The van der Waals surface area contributed by atoms with Crippen molar-refractivity contribution in [1.82, 2.24) is 15.2 Å². The fraction of sp³-hybridized carbons (Fsp3) is 0.400. The van der Waals surface area contributed by atoms with Crippen molar-refractivity contribution in [2.75, 3.05) is 39.7 Å². The number of aliphatic imine (C=N–C) groups is 1. The Labute approximate surface area is 179 Å². The van der Waals surface area contributed by atoms with Gasteiger partial charge in [-0.15, -0.1) is 24.0 Å². The van der Waals surface area contributed by atoms with Gasteiger partial charge in [0.05, 0.1) is 6.61 Å². The van der Waals surface area contributed by atoms with Crippen LogP contribution < -0.4 is 15.0 Å². The molecular weight excluding hydrogens is 453 g/mol. The highest BCUT2D eigenvalue weighted by Gasteiger charge is 2.07. The maximum Gasteiger partial charge on any atom is 0.193 e.